The molecule has 1 aliphatic rings. The van der Waals surface area contributed by atoms with Gasteiger partial charge in [-0.1, -0.05) is 0 Å². The van der Waals surface area contributed by atoms with Crippen molar-refractivity contribution in [2.75, 3.05) is 25.0 Å². The summed E-state index contributed by atoms with van der Waals surface area (Å²) in [6.45, 7) is 3.21. The number of aryl methyl sites for hydroxylation is 1. The second-order valence-electron chi connectivity index (χ2n) is 5.33. The number of hydrogen-bond acceptors (Lipinski definition) is 3. The van der Waals surface area contributed by atoms with Crippen molar-refractivity contribution >= 4 is 5.82 Å². The summed E-state index contributed by atoms with van der Waals surface area (Å²) in [7, 11) is 1.84. The molecule has 0 aromatic carbocycles. The maximum absolute atomic E-state index is 12.9. The van der Waals surface area contributed by atoms with Crippen LogP contribution in [-0.2, 0) is 6.54 Å². The van der Waals surface area contributed by atoms with Gasteiger partial charge in [-0.3, -0.25) is 0 Å². The molecule has 1 aliphatic heterocycles. The second kappa shape index (κ2) is 5.99. The number of nitrogens with zero attached hydrogens (tertiary/aromatic N) is 2. The number of rotatable bonds is 3. The maximum Gasteiger partial charge on any atom is 0.393 e. The van der Waals surface area contributed by atoms with Gasteiger partial charge in [-0.15, -0.1) is 0 Å². The monoisotopic (exact) mass is 287 g/mol. The minimum Gasteiger partial charge on any atom is -0.356 e. The van der Waals surface area contributed by atoms with Gasteiger partial charge in [-0.05, 0) is 44.5 Å². The molecule has 2 heterocycles. The van der Waals surface area contributed by atoms with Gasteiger partial charge in [0.1, 0.15) is 5.82 Å². The molecule has 2 rings (SSSR count). The third kappa shape index (κ3) is 3.62. The van der Waals surface area contributed by atoms with Crippen molar-refractivity contribution in [3.8, 4) is 0 Å². The van der Waals surface area contributed by atoms with E-state index >= 15 is 0 Å². The van der Waals surface area contributed by atoms with E-state index in [1.807, 2.05) is 26.1 Å². The summed E-state index contributed by atoms with van der Waals surface area (Å²) in [4.78, 5) is 6.14. The Bertz CT molecular complexity index is 459. The van der Waals surface area contributed by atoms with Crippen molar-refractivity contribution in [1.29, 1.82) is 0 Å². The van der Waals surface area contributed by atoms with Crippen LogP contribution in [0.15, 0.2) is 12.1 Å². The average Bonchev–Trinajstić information content (AvgIpc) is 2.37. The summed E-state index contributed by atoms with van der Waals surface area (Å²) in [6.07, 6.45) is -3.34. The average molecular weight is 287 g/mol. The number of piperidine rings is 1. The van der Waals surface area contributed by atoms with E-state index in [1.54, 1.807) is 4.90 Å². The van der Waals surface area contributed by atoms with Crippen LogP contribution in [0, 0.1) is 12.8 Å². The Morgan fingerprint density at radius 1 is 1.40 bits per heavy atom. The molecule has 1 atom stereocenters. The Hall–Kier alpha value is -1.30. The summed E-state index contributed by atoms with van der Waals surface area (Å²) in [5.74, 6) is -0.587. The second-order valence-corrected chi connectivity index (χ2v) is 5.33. The van der Waals surface area contributed by atoms with Crippen molar-refractivity contribution in [1.82, 2.24) is 10.3 Å². The standard InChI is InChI=1S/C14H20F3N3/c1-10-6-11(8-18-2)7-13(19-10)20-5-3-4-12(9-20)14(15,16)17/h6-7,12,18H,3-5,8-9H2,1-2H3. The van der Waals surface area contributed by atoms with Crippen molar-refractivity contribution in [3.63, 3.8) is 0 Å². The minimum atomic E-state index is -4.11. The first-order valence-corrected chi connectivity index (χ1v) is 6.84. The van der Waals surface area contributed by atoms with E-state index in [9.17, 15) is 13.2 Å². The van der Waals surface area contributed by atoms with Gasteiger partial charge in [0.05, 0.1) is 5.92 Å². The quantitative estimate of drug-likeness (QED) is 0.926. The number of pyridine rings is 1. The molecule has 0 aliphatic carbocycles. The van der Waals surface area contributed by atoms with Gasteiger partial charge in [0, 0.05) is 25.3 Å². The molecule has 1 fully saturated rings. The van der Waals surface area contributed by atoms with Gasteiger partial charge in [0.15, 0.2) is 0 Å². The Morgan fingerprint density at radius 2 is 2.15 bits per heavy atom. The summed E-state index contributed by atoms with van der Waals surface area (Å²) in [6, 6.07) is 3.83. The summed E-state index contributed by atoms with van der Waals surface area (Å²) in [5, 5.41) is 3.05. The summed E-state index contributed by atoms with van der Waals surface area (Å²) in [5.41, 5.74) is 1.88. The molecule has 0 spiro atoms. The molecule has 0 bridgehead atoms. The smallest absolute Gasteiger partial charge is 0.356 e. The lowest BCUT2D eigenvalue weighted by Gasteiger charge is -2.34. The maximum atomic E-state index is 12.9. The first-order valence-electron chi connectivity index (χ1n) is 6.84. The minimum absolute atomic E-state index is 0.0128. The molecule has 20 heavy (non-hydrogen) atoms. The molecule has 3 nitrogen and oxygen atoms in total. The molecule has 0 amide bonds. The predicted octanol–water partition coefficient (Wildman–Crippen LogP) is 2.89. The Morgan fingerprint density at radius 3 is 2.80 bits per heavy atom. The van der Waals surface area contributed by atoms with E-state index in [0.717, 1.165) is 11.3 Å². The lowest BCUT2D eigenvalue weighted by atomic mass is 9.97. The molecule has 1 saturated heterocycles. The van der Waals surface area contributed by atoms with Crippen LogP contribution in [0.5, 0.6) is 0 Å². The van der Waals surface area contributed by atoms with E-state index in [1.165, 1.54) is 0 Å². The van der Waals surface area contributed by atoms with Crippen LogP contribution < -0.4 is 10.2 Å². The number of halogens is 3. The highest BCUT2D eigenvalue weighted by Crippen LogP contribution is 2.34. The van der Waals surface area contributed by atoms with Crippen LogP contribution in [0.4, 0.5) is 19.0 Å². The molecule has 1 unspecified atom stereocenters. The fraction of sp³-hybridized carbons (Fsp3) is 0.643. The van der Waals surface area contributed by atoms with E-state index in [2.05, 4.69) is 10.3 Å². The third-order valence-electron chi connectivity index (χ3n) is 3.59. The van der Waals surface area contributed by atoms with Gasteiger partial charge in [-0.2, -0.15) is 13.2 Å². The number of alkyl halides is 3. The largest absolute Gasteiger partial charge is 0.393 e. The molecule has 1 aromatic heterocycles. The van der Waals surface area contributed by atoms with Gasteiger partial charge >= 0.3 is 6.18 Å². The topological polar surface area (TPSA) is 28.2 Å². The van der Waals surface area contributed by atoms with Crippen LogP contribution in [0.1, 0.15) is 24.1 Å². The molecular formula is C14H20F3N3. The summed E-state index contributed by atoms with van der Waals surface area (Å²) >= 11 is 0. The van der Waals surface area contributed by atoms with Gasteiger partial charge in [-0.25, -0.2) is 4.98 Å². The van der Waals surface area contributed by atoms with E-state index < -0.39 is 12.1 Å². The molecule has 0 saturated carbocycles. The zero-order valence-corrected chi connectivity index (χ0v) is 11.8. The van der Waals surface area contributed by atoms with E-state index in [0.29, 0.717) is 25.3 Å². The highest BCUT2D eigenvalue weighted by Gasteiger charge is 2.42. The van der Waals surface area contributed by atoms with Crippen molar-refractivity contribution in [2.24, 2.45) is 5.92 Å². The number of hydrogen-bond donors (Lipinski definition) is 1. The fourth-order valence-electron chi connectivity index (χ4n) is 2.64. The number of nitrogens with one attached hydrogen (secondary N) is 1. The number of aromatic nitrogens is 1. The van der Waals surface area contributed by atoms with Crippen molar-refractivity contribution in [3.05, 3.63) is 23.4 Å². The first kappa shape index (κ1) is 15.1. The van der Waals surface area contributed by atoms with E-state index in [-0.39, 0.29) is 13.0 Å². The normalized spacial score (nSPS) is 20.2. The van der Waals surface area contributed by atoms with E-state index in [4.69, 9.17) is 0 Å². The van der Waals surface area contributed by atoms with Gasteiger partial charge in [0.25, 0.3) is 0 Å². The Labute approximate surface area is 117 Å². The van der Waals surface area contributed by atoms with Crippen molar-refractivity contribution in [2.45, 2.75) is 32.5 Å². The molecule has 1 aromatic rings. The Balaban J connectivity index is 2.18. The summed E-state index contributed by atoms with van der Waals surface area (Å²) < 4.78 is 38.6. The van der Waals surface area contributed by atoms with Crippen LogP contribution in [0.25, 0.3) is 0 Å². The molecule has 0 radical (unpaired) electrons. The first-order chi connectivity index (χ1) is 9.40. The van der Waals surface area contributed by atoms with Crippen molar-refractivity contribution < 1.29 is 13.2 Å². The highest BCUT2D eigenvalue weighted by atomic mass is 19.4. The molecule has 6 heteroatoms. The molecule has 112 valence electrons. The third-order valence-corrected chi connectivity index (χ3v) is 3.59. The van der Waals surface area contributed by atoms with Crippen LogP contribution >= 0.6 is 0 Å². The molecular weight excluding hydrogens is 267 g/mol. The van der Waals surface area contributed by atoms with Crippen LogP contribution in [-0.4, -0.2) is 31.3 Å². The SMILES string of the molecule is CNCc1cc(C)nc(N2CCCC(C(F)(F)F)C2)c1. The lowest BCUT2D eigenvalue weighted by Crippen LogP contribution is -2.42. The Kier molecular flexibility index (Phi) is 4.52. The fourth-order valence-corrected chi connectivity index (χ4v) is 2.64. The van der Waals surface area contributed by atoms with Crippen LogP contribution in [0.3, 0.4) is 0 Å². The van der Waals surface area contributed by atoms with Crippen LogP contribution in [0.2, 0.25) is 0 Å². The lowest BCUT2D eigenvalue weighted by molar-refractivity contribution is -0.176. The zero-order chi connectivity index (χ0) is 14.8. The highest BCUT2D eigenvalue weighted by molar-refractivity contribution is 5.43. The number of anilines is 1. The van der Waals surface area contributed by atoms with Gasteiger partial charge in [0.2, 0.25) is 0 Å². The molecule has 1 N–H and O–H groups in total. The van der Waals surface area contributed by atoms with Gasteiger partial charge < -0.3 is 10.2 Å². The zero-order valence-electron chi connectivity index (χ0n) is 11.8. The predicted molar refractivity (Wildman–Crippen MR) is 72.7 cm³/mol.